The number of ether oxygens (including phenoxy) is 4. The predicted octanol–water partition coefficient (Wildman–Crippen LogP) is 19.7. The highest BCUT2D eigenvalue weighted by molar-refractivity contribution is 7.47. The van der Waals surface area contributed by atoms with Gasteiger partial charge >= 0.3 is 39.5 Å². The number of aliphatic hydroxyl groups is 1. The number of unbranched alkanes of at least 4 members (excludes halogenated alkanes) is 31. The van der Waals surface area contributed by atoms with Crippen molar-refractivity contribution in [2.45, 2.75) is 363 Å². The van der Waals surface area contributed by atoms with Gasteiger partial charge in [-0.15, -0.1) is 0 Å². The van der Waals surface area contributed by atoms with E-state index in [9.17, 15) is 43.2 Å². The van der Waals surface area contributed by atoms with Crippen LogP contribution in [-0.2, 0) is 65.4 Å². The summed E-state index contributed by atoms with van der Waals surface area (Å²) in [6.45, 7) is 14.1. The third kappa shape index (κ3) is 62.0. The van der Waals surface area contributed by atoms with Crippen molar-refractivity contribution in [2.24, 2.45) is 23.7 Å². The van der Waals surface area contributed by atoms with Crippen LogP contribution in [0, 0.1) is 23.7 Å². The van der Waals surface area contributed by atoms with E-state index in [4.69, 9.17) is 37.0 Å². The van der Waals surface area contributed by atoms with Gasteiger partial charge in [0.1, 0.15) is 19.3 Å². The highest BCUT2D eigenvalue weighted by Gasteiger charge is 2.30. The monoisotopic (exact) mass is 1310 g/mol. The molecule has 5 unspecified atom stereocenters. The molecular weight excluding hydrogens is 1170 g/mol. The molecule has 0 saturated carbocycles. The number of carbonyl (C=O) groups excluding carboxylic acids is 4. The highest BCUT2D eigenvalue weighted by atomic mass is 31.2. The molecule has 528 valence electrons. The maximum Gasteiger partial charge on any atom is 0.472 e. The van der Waals surface area contributed by atoms with Crippen molar-refractivity contribution in [2.75, 3.05) is 39.6 Å². The van der Waals surface area contributed by atoms with Crippen LogP contribution in [-0.4, -0.2) is 96.7 Å². The molecule has 0 heterocycles. The second kappa shape index (κ2) is 59.8. The van der Waals surface area contributed by atoms with Gasteiger partial charge in [-0.1, -0.05) is 293 Å². The number of hydrogen-bond acceptors (Lipinski definition) is 15. The third-order valence-corrected chi connectivity index (χ3v) is 18.7. The van der Waals surface area contributed by atoms with Crippen LogP contribution in [0.4, 0.5) is 0 Å². The summed E-state index contributed by atoms with van der Waals surface area (Å²) in [6.07, 6.45) is 41.6. The maximum absolute atomic E-state index is 13.0. The van der Waals surface area contributed by atoms with E-state index in [0.717, 1.165) is 114 Å². The zero-order valence-electron chi connectivity index (χ0n) is 58.1. The summed E-state index contributed by atoms with van der Waals surface area (Å²) in [6, 6.07) is 0. The van der Waals surface area contributed by atoms with Gasteiger partial charge in [0.05, 0.1) is 26.4 Å². The van der Waals surface area contributed by atoms with E-state index >= 15 is 0 Å². The molecule has 0 aromatic rings. The molecule has 7 atom stereocenters. The molecule has 0 saturated heterocycles. The molecule has 0 amide bonds. The Morgan fingerprint density at radius 3 is 0.798 bits per heavy atom. The first-order valence-corrected chi connectivity index (χ1v) is 39.3. The van der Waals surface area contributed by atoms with Crippen LogP contribution in [0.1, 0.15) is 344 Å². The number of rotatable bonds is 67. The molecule has 0 fully saturated rings. The molecule has 0 rings (SSSR count). The summed E-state index contributed by atoms with van der Waals surface area (Å²) in [5.41, 5.74) is 0. The summed E-state index contributed by atoms with van der Waals surface area (Å²) < 4.78 is 68.3. The topological polar surface area (TPSA) is 237 Å². The second-order valence-corrected chi connectivity index (χ2v) is 29.6. The zero-order chi connectivity index (χ0) is 66.1. The number of aliphatic hydroxyl groups excluding tert-OH is 1. The van der Waals surface area contributed by atoms with Gasteiger partial charge in [0, 0.05) is 25.7 Å². The molecule has 0 aliphatic heterocycles. The predicted molar refractivity (Wildman–Crippen MR) is 358 cm³/mol. The SMILES string of the molecule is CCC(C)CCCCCCCCCCCCC(=O)O[C@H](COC(=O)CCCCCCCCCCCCCC(C)C)COP(=O)(O)OCC(O)COP(=O)(O)OC[C@@H](COC(=O)CCCCCCCCCCC(C)C)OC(=O)CCCCCCCCC(C)CC. The fourth-order valence-electron chi connectivity index (χ4n) is 10.4. The van der Waals surface area contributed by atoms with Gasteiger partial charge < -0.3 is 33.8 Å². The lowest BCUT2D eigenvalue weighted by molar-refractivity contribution is -0.161. The number of phosphoric ester groups is 2. The lowest BCUT2D eigenvalue weighted by Gasteiger charge is -2.21. The lowest BCUT2D eigenvalue weighted by Crippen LogP contribution is -2.30. The Hall–Kier alpha value is -1.94. The van der Waals surface area contributed by atoms with Crippen molar-refractivity contribution >= 4 is 39.5 Å². The van der Waals surface area contributed by atoms with Gasteiger partial charge in [-0.3, -0.25) is 37.3 Å². The summed E-state index contributed by atoms with van der Waals surface area (Å²) in [5.74, 6) is 0.889. The lowest BCUT2D eigenvalue weighted by atomic mass is 9.99. The fraction of sp³-hybridized carbons (Fsp3) is 0.943. The van der Waals surface area contributed by atoms with E-state index in [-0.39, 0.29) is 25.7 Å². The van der Waals surface area contributed by atoms with Gasteiger partial charge in [0.15, 0.2) is 12.2 Å². The van der Waals surface area contributed by atoms with Crippen molar-refractivity contribution in [3.05, 3.63) is 0 Å². The van der Waals surface area contributed by atoms with E-state index in [0.29, 0.717) is 25.7 Å². The van der Waals surface area contributed by atoms with Crippen molar-refractivity contribution < 1.29 is 80.2 Å². The summed E-state index contributed by atoms with van der Waals surface area (Å²) in [4.78, 5) is 72.5. The van der Waals surface area contributed by atoms with Crippen molar-refractivity contribution in [1.29, 1.82) is 0 Å². The molecule has 19 heteroatoms. The highest BCUT2D eigenvalue weighted by Crippen LogP contribution is 2.45. The Labute approximate surface area is 543 Å². The van der Waals surface area contributed by atoms with Gasteiger partial charge in [-0.25, -0.2) is 9.13 Å². The quantitative estimate of drug-likeness (QED) is 0.0222. The standard InChI is InChI=1S/C70H136O17P2/c1-9-62(7)48-40-32-24-17-14-15-19-27-36-44-52-69(74)86-65(56-80-67(72)50-42-34-25-18-13-11-12-16-22-30-38-46-60(3)4)58-84-88(76,77)82-54-64(71)55-83-89(78,79)85-59-66(87-70(75)53-45-37-29-28-33-41-49-63(8)10-2)57-81-68(73)51-43-35-26-21-20-23-31-39-47-61(5)6/h60-66,71H,9-59H2,1-8H3,(H,76,77)(H,78,79)/t62?,63?,64?,65-,66-/m1/s1. The normalized spacial score (nSPS) is 14.9. The summed E-state index contributed by atoms with van der Waals surface area (Å²) >= 11 is 0. The minimum Gasteiger partial charge on any atom is -0.462 e. The average Bonchev–Trinajstić information content (AvgIpc) is 3.70. The molecule has 89 heavy (non-hydrogen) atoms. The third-order valence-electron chi connectivity index (χ3n) is 16.8. The molecule has 0 aliphatic rings. The molecule has 0 aliphatic carbocycles. The van der Waals surface area contributed by atoms with Crippen LogP contribution < -0.4 is 0 Å². The van der Waals surface area contributed by atoms with Crippen LogP contribution in [0.25, 0.3) is 0 Å². The Morgan fingerprint density at radius 2 is 0.539 bits per heavy atom. The van der Waals surface area contributed by atoms with E-state index in [2.05, 4.69) is 55.4 Å². The smallest absolute Gasteiger partial charge is 0.462 e. The Morgan fingerprint density at radius 1 is 0.315 bits per heavy atom. The van der Waals surface area contributed by atoms with Crippen LogP contribution in [0.3, 0.4) is 0 Å². The van der Waals surface area contributed by atoms with Gasteiger partial charge in [-0.05, 0) is 49.4 Å². The van der Waals surface area contributed by atoms with Crippen molar-refractivity contribution in [1.82, 2.24) is 0 Å². The molecule has 0 bridgehead atoms. The number of carbonyl (C=O) groups is 4. The van der Waals surface area contributed by atoms with Gasteiger partial charge in [0.2, 0.25) is 0 Å². The number of hydrogen-bond donors (Lipinski definition) is 3. The first-order valence-electron chi connectivity index (χ1n) is 36.3. The van der Waals surface area contributed by atoms with E-state index in [1.54, 1.807) is 0 Å². The molecule has 3 N–H and O–H groups in total. The number of phosphoric acid groups is 2. The van der Waals surface area contributed by atoms with Crippen LogP contribution in [0.5, 0.6) is 0 Å². The first-order chi connectivity index (χ1) is 42.7. The Kier molecular flexibility index (Phi) is 58.5. The second-order valence-electron chi connectivity index (χ2n) is 26.7. The van der Waals surface area contributed by atoms with Crippen molar-refractivity contribution in [3.63, 3.8) is 0 Å². The van der Waals surface area contributed by atoms with Gasteiger partial charge in [0.25, 0.3) is 0 Å². The molecule has 0 aromatic carbocycles. The Bertz CT molecular complexity index is 1770. The van der Waals surface area contributed by atoms with Crippen LogP contribution in [0.15, 0.2) is 0 Å². The summed E-state index contributed by atoms with van der Waals surface area (Å²) in [5, 5.41) is 10.6. The molecule has 0 radical (unpaired) electrons. The average molecular weight is 1310 g/mol. The number of esters is 4. The van der Waals surface area contributed by atoms with Gasteiger partial charge in [-0.2, -0.15) is 0 Å². The van der Waals surface area contributed by atoms with E-state index in [1.165, 1.54) is 148 Å². The molecule has 0 spiro atoms. The zero-order valence-corrected chi connectivity index (χ0v) is 59.8. The summed E-state index contributed by atoms with van der Waals surface area (Å²) in [7, 11) is -9.90. The molecule has 17 nitrogen and oxygen atoms in total. The maximum atomic E-state index is 13.0. The minimum atomic E-state index is -4.95. The largest absolute Gasteiger partial charge is 0.472 e. The fourth-order valence-corrected chi connectivity index (χ4v) is 12.0. The van der Waals surface area contributed by atoms with Crippen LogP contribution in [0.2, 0.25) is 0 Å². The Balaban J connectivity index is 5.26. The first kappa shape index (κ1) is 87.1. The van der Waals surface area contributed by atoms with Crippen molar-refractivity contribution in [3.8, 4) is 0 Å². The molecular formula is C70H136O17P2. The van der Waals surface area contributed by atoms with Crippen LogP contribution >= 0.6 is 15.6 Å². The van der Waals surface area contributed by atoms with E-state index < -0.39 is 97.5 Å². The van der Waals surface area contributed by atoms with E-state index in [1.807, 2.05) is 0 Å². The molecule has 0 aromatic heterocycles. The minimum absolute atomic E-state index is 0.102.